The topological polar surface area (TPSA) is 17.8 Å². The zero-order valence-corrected chi connectivity index (χ0v) is 5.18. The molecule has 0 unspecified atom stereocenters. The van der Waals surface area contributed by atoms with E-state index in [4.69, 9.17) is 0 Å². The zero-order chi connectivity index (χ0) is 5.98. The van der Waals surface area contributed by atoms with Crippen LogP contribution in [0.2, 0.25) is 0 Å². The molecule has 2 nitrogen and oxygen atoms in total. The van der Waals surface area contributed by atoms with Gasteiger partial charge in [-0.3, -0.25) is 4.68 Å². The summed E-state index contributed by atoms with van der Waals surface area (Å²) >= 11 is 0. The Labute approximate surface area is 49.1 Å². The Morgan fingerprint density at radius 1 is 1.88 bits per heavy atom. The maximum Gasteiger partial charge on any atom is 0.0866 e. The van der Waals surface area contributed by atoms with E-state index in [-0.39, 0.29) is 0 Å². The van der Waals surface area contributed by atoms with Crippen LogP contribution >= 0.6 is 0 Å². The molecule has 43 valence electrons. The van der Waals surface area contributed by atoms with Gasteiger partial charge in [0.1, 0.15) is 0 Å². The van der Waals surface area contributed by atoms with Crippen molar-refractivity contribution in [3.05, 3.63) is 18.0 Å². The minimum absolute atomic E-state index is 0.911. The van der Waals surface area contributed by atoms with Crippen molar-refractivity contribution >= 4 is 0 Å². The third-order valence-corrected chi connectivity index (χ3v) is 1.00. The zero-order valence-electron chi connectivity index (χ0n) is 5.18. The van der Waals surface area contributed by atoms with Crippen molar-refractivity contribution in [2.45, 2.75) is 20.4 Å². The molecular weight excluding hydrogens is 100 g/mol. The average Bonchev–Trinajstić information content (AvgIpc) is 2.14. The summed E-state index contributed by atoms with van der Waals surface area (Å²) in [5.41, 5.74) is 1.03. The van der Waals surface area contributed by atoms with Crippen molar-refractivity contribution < 1.29 is 0 Å². The van der Waals surface area contributed by atoms with Gasteiger partial charge in [-0.1, -0.05) is 0 Å². The third kappa shape index (κ3) is 0.886. The lowest BCUT2D eigenvalue weighted by atomic mass is 10.5. The van der Waals surface area contributed by atoms with Gasteiger partial charge in [0.05, 0.1) is 11.9 Å². The molecule has 1 radical (unpaired) electrons. The quantitative estimate of drug-likeness (QED) is 0.526. The first-order chi connectivity index (χ1) is 3.83. The molecule has 0 spiro atoms. The molecule has 1 heterocycles. The molecule has 0 amide bonds. The average molecular weight is 109 g/mol. The number of rotatable bonds is 1. The summed E-state index contributed by atoms with van der Waals surface area (Å²) in [6.07, 6.45) is 2.96. The second-order valence-corrected chi connectivity index (χ2v) is 1.73. The van der Waals surface area contributed by atoms with Gasteiger partial charge >= 0.3 is 0 Å². The Bertz CT molecular complexity index is 167. The van der Waals surface area contributed by atoms with E-state index in [1.807, 2.05) is 19.9 Å². The molecule has 0 bridgehead atoms. The van der Waals surface area contributed by atoms with Gasteiger partial charge in [-0.15, -0.1) is 0 Å². The van der Waals surface area contributed by atoms with Crippen LogP contribution in [0.1, 0.15) is 12.6 Å². The smallest absolute Gasteiger partial charge is 0.0866 e. The maximum atomic E-state index is 4.09. The fourth-order valence-electron chi connectivity index (χ4n) is 0.578. The summed E-state index contributed by atoms with van der Waals surface area (Å²) in [5.74, 6) is 0. The van der Waals surface area contributed by atoms with Crippen molar-refractivity contribution in [3.8, 4) is 0 Å². The van der Waals surface area contributed by atoms with Gasteiger partial charge in [0.25, 0.3) is 0 Å². The summed E-state index contributed by atoms with van der Waals surface area (Å²) in [5, 5.41) is 4.09. The number of aromatic nitrogens is 2. The standard InChI is InChI=1S/C6H9N2/c1-3-8-5-4-6(2)7-8/h4H,3H2,1-2H3. The van der Waals surface area contributed by atoms with Gasteiger partial charge in [0, 0.05) is 6.54 Å². The van der Waals surface area contributed by atoms with Crippen molar-refractivity contribution in [1.82, 2.24) is 9.78 Å². The highest BCUT2D eigenvalue weighted by atomic mass is 15.3. The molecule has 0 saturated carbocycles. The minimum Gasteiger partial charge on any atom is -0.263 e. The lowest BCUT2D eigenvalue weighted by Crippen LogP contribution is -1.93. The lowest BCUT2D eigenvalue weighted by Gasteiger charge is -1.88. The van der Waals surface area contributed by atoms with Crippen molar-refractivity contribution in [1.29, 1.82) is 0 Å². The number of hydrogen-bond donors (Lipinski definition) is 0. The van der Waals surface area contributed by atoms with Gasteiger partial charge in [0.15, 0.2) is 0 Å². The summed E-state index contributed by atoms with van der Waals surface area (Å²) in [6.45, 7) is 4.92. The first kappa shape index (κ1) is 5.35. The summed E-state index contributed by atoms with van der Waals surface area (Å²) < 4.78 is 1.79. The summed E-state index contributed by atoms with van der Waals surface area (Å²) in [6, 6.07) is 1.88. The molecular formula is C6H9N2. The van der Waals surface area contributed by atoms with Gasteiger partial charge in [-0.2, -0.15) is 5.10 Å². The summed E-state index contributed by atoms with van der Waals surface area (Å²) in [7, 11) is 0. The molecule has 8 heavy (non-hydrogen) atoms. The van der Waals surface area contributed by atoms with Crippen LogP contribution in [-0.2, 0) is 6.54 Å². The van der Waals surface area contributed by atoms with Gasteiger partial charge < -0.3 is 0 Å². The van der Waals surface area contributed by atoms with Crippen LogP contribution in [0.4, 0.5) is 0 Å². The summed E-state index contributed by atoms with van der Waals surface area (Å²) in [4.78, 5) is 0. The highest BCUT2D eigenvalue weighted by molar-refractivity contribution is 4.92. The van der Waals surface area contributed by atoms with Crippen LogP contribution in [0, 0.1) is 13.1 Å². The van der Waals surface area contributed by atoms with Gasteiger partial charge in [0.2, 0.25) is 0 Å². The molecule has 0 saturated heterocycles. The fourth-order valence-corrected chi connectivity index (χ4v) is 0.578. The maximum absolute atomic E-state index is 4.09. The minimum atomic E-state index is 0.911. The van der Waals surface area contributed by atoms with E-state index in [0.29, 0.717) is 0 Å². The van der Waals surface area contributed by atoms with E-state index in [1.54, 1.807) is 4.68 Å². The van der Waals surface area contributed by atoms with Crippen LogP contribution in [0.5, 0.6) is 0 Å². The van der Waals surface area contributed by atoms with Gasteiger partial charge in [-0.25, -0.2) is 0 Å². The first-order valence-corrected chi connectivity index (χ1v) is 2.75. The second-order valence-electron chi connectivity index (χ2n) is 1.73. The lowest BCUT2D eigenvalue weighted by molar-refractivity contribution is 0.649. The van der Waals surface area contributed by atoms with Crippen molar-refractivity contribution in [2.75, 3.05) is 0 Å². The highest BCUT2D eigenvalue weighted by Crippen LogP contribution is 1.89. The second kappa shape index (κ2) is 1.99. The van der Waals surface area contributed by atoms with Crippen LogP contribution < -0.4 is 0 Å². The number of aryl methyl sites for hydroxylation is 2. The predicted octanol–water partition coefficient (Wildman–Crippen LogP) is 1.01. The first-order valence-electron chi connectivity index (χ1n) is 2.75. The third-order valence-electron chi connectivity index (χ3n) is 1.00. The van der Waals surface area contributed by atoms with Gasteiger partial charge in [-0.05, 0) is 19.9 Å². The highest BCUT2D eigenvalue weighted by Gasteiger charge is 1.87. The monoisotopic (exact) mass is 109 g/mol. The van der Waals surface area contributed by atoms with Crippen LogP contribution in [0.25, 0.3) is 0 Å². The number of hydrogen-bond acceptors (Lipinski definition) is 1. The van der Waals surface area contributed by atoms with Crippen molar-refractivity contribution in [2.24, 2.45) is 0 Å². The normalized spacial score (nSPS) is 9.75. The molecule has 1 aromatic rings. The van der Waals surface area contributed by atoms with Crippen LogP contribution in [0.15, 0.2) is 6.07 Å². The van der Waals surface area contributed by atoms with E-state index in [1.165, 1.54) is 0 Å². The predicted molar refractivity (Wildman–Crippen MR) is 31.5 cm³/mol. The van der Waals surface area contributed by atoms with E-state index < -0.39 is 0 Å². The molecule has 0 aliphatic rings. The van der Waals surface area contributed by atoms with E-state index in [0.717, 1.165) is 12.2 Å². The Hall–Kier alpha value is -0.790. The van der Waals surface area contributed by atoms with Crippen molar-refractivity contribution in [3.63, 3.8) is 0 Å². The van der Waals surface area contributed by atoms with Crippen LogP contribution in [-0.4, -0.2) is 9.78 Å². The molecule has 0 aliphatic carbocycles. The fraction of sp³-hybridized carbons (Fsp3) is 0.500. The Balaban J connectivity index is 2.84. The molecule has 2 heteroatoms. The van der Waals surface area contributed by atoms with E-state index in [2.05, 4.69) is 11.3 Å². The Morgan fingerprint density at radius 2 is 2.62 bits per heavy atom. The largest absolute Gasteiger partial charge is 0.263 e. The van der Waals surface area contributed by atoms with E-state index >= 15 is 0 Å². The molecule has 0 atom stereocenters. The number of nitrogens with zero attached hydrogens (tertiary/aromatic N) is 2. The molecule has 0 aromatic carbocycles. The molecule has 0 N–H and O–H groups in total. The van der Waals surface area contributed by atoms with E-state index in [9.17, 15) is 0 Å². The molecule has 0 aliphatic heterocycles. The Kier molecular flexibility index (Phi) is 1.33. The Morgan fingerprint density at radius 3 is 2.88 bits per heavy atom. The van der Waals surface area contributed by atoms with Crippen LogP contribution in [0.3, 0.4) is 0 Å². The molecule has 1 rings (SSSR count). The molecule has 1 aromatic heterocycles. The molecule has 0 fully saturated rings. The SMILES string of the molecule is CCn1[c]cc(C)n1.